The smallest absolute Gasteiger partial charge is 0.404 e. The van der Waals surface area contributed by atoms with E-state index < -0.39 is 6.09 Å². The lowest BCUT2D eigenvalue weighted by molar-refractivity contribution is 0.180. The third-order valence-electron chi connectivity index (χ3n) is 3.51. The number of hydrogen-bond acceptors (Lipinski definition) is 2. The van der Waals surface area contributed by atoms with Crippen molar-refractivity contribution in [2.45, 2.75) is 25.3 Å². The van der Waals surface area contributed by atoms with Crippen molar-refractivity contribution in [3.05, 3.63) is 35.9 Å². The Morgan fingerprint density at radius 2 is 2.22 bits per heavy atom. The van der Waals surface area contributed by atoms with Gasteiger partial charge in [-0.25, -0.2) is 4.79 Å². The van der Waals surface area contributed by atoms with Crippen LogP contribution in [0.1, 0.15) is 18.4 Å². The first-order valence-electron chi connectivity index (χ1n) is 6.50. The molecule has 2 atom stereocenters. The second-order valence-electron chi connectivity index (χ2n) is 4.85. The maximum atomic E-state index is 10.9. The zero-order chi connectivity index (χ0) is 12.8. The van der Waals surface area contributed by atoms with Crippen LogP contribution in [0.5, 0.6) is 0 Å². The van der Waals surface area contributed by atoms with Crippen molar-refractivity contribution >= 4 is 6.09 Å². The molecule has 98 valence electrons. The van der Waals surface area contributed by atoms with E-state index in [0.29, 0.717) is 5.92 Å². The first kappa shape index (κ1) is 12.9. The lowest BCUT2D eigenvalue weighted by Crippen LogP contribution is -2.47. The molecule has 0 bridgehead atoms. The Kier molecular flexibility index (Phi) is 4.59. The van der Waals surface area contributed by atoms with Crippen LogP contribution in [-0.2, 0) is 6.42 Å². The third kappa shape index (κ3) is 3.74. The van der Waals surface area contributed by atoms with E-state index >= 15 is 0 Å². The number of hydrogen-bond donors (Lipinski definition) is 3. The Labute approximate surface area is 107 Å². The number of piperidine rings is 1. The van der Waals surface area contributed by atoms with Gasteiger partial charge in [0.15, 0.2) is 0 Å². The van der Waals surface area contributed by atoms with Crippen molar-refractivity contribution in [1.29, 1.82) is 0 Å². The minimum Gasteiger partial charge on any atom is -0.465 e. The van der Waals surface area contributed by atoms with Gasteiger partial charge in [-0.2, -0.15) is 0 Å². The van der Waals surface area contributed by atoms with Crippen molar-refractivity contribution in [3.63, 3.8) is 0 Å². The van der Waals surface area contributed by atoms with Crippen LogP contribution < -0.4 is 10.6 Å². The van der Waals surface area contributed by atoms with Crippen LogP contribution >= 0.6 is 0 Å². The van der Waals surface area contributed by atoms with Crippen LogP contribution in [0.15, 0.2) is 30.3 Å². The molecule has 1 aromatic carbocycles. The lowest BCUT2D eigenvalue weighted by Gasteiger charge is -2.30. The standard InChI is InChI=1S/C14H20N2O2/c17-14(18)16-13(12-7-4-8-15-10-12)9-11-5-2-1-3-6-11/h1-3,5-6,12-13,15-16H,4,7-10H2,(H,17,18). The van der Waals surface area contributed by atoms with Gasteiger partial charge in [-0.05, 0) is 43.8 Å². The Hall–Kier alpha value is -1.55. The molecule has 0 spiro atoms. The zero-order valence-electron chi connectivity index (χ0n) is 10.4. The van der Waals surface area contributed by atoms with E-state index in [1.807, 2.05) is 30.3 Å². The maximum Gasteiger partial charge on any atom is 0.404 e. The SMILES string of the molecule is O=C(O)NC(Cc1ccccc1)C1CCCNC1. The van der Waals surface area contributed by atoms with Crippen molar-refractivity contribution in [2.24, 2.45) is 5.92 Å². The summed E-state index contributed by atoms with van der Waals surface area (Å²) in [5.41, 5.74) is 1.18. The number of amides is 1. The number of rotatable bonds is 4. The molecule has 18 heavy (non-hydrogen) atoms. The third-order valence-corrected chi connectivity index (χ3v) is 3.51. The summed E-state index contributed by atoms with van der Waals surface area (Å²) < 4.78 is 0. The van der Waals surface area contributed by atoms with E-state index in [1.165, 1.54) is 5.56 Å². The van der Waals surface area contributed by atoms with E-state index in [-0.39, 0.29) is 6.04 Å². The molecule has 1 aliphatic rings. The normalized spacial score (nSPS) is 21.2. The summed E-state index contributed by atoms with van der Waals surface area (Å²) in [7, 11) is 0. The summed E-state index contributed by atoms with van der Waals surface area (Å²) in [4.78, 5) is 10.9. The van der Waals surface area contributed by atoms with Crippen molar-refractivity contribution in [2.75, 3.05) is 13.1 Å². The van der Waals surface area contributed by atoms with E-state index in [4.69, 9.17) is 5.11 Å². The first-order chi connectivity index (χ1) is 8.75. The molecule has 4 heteroatoms. The molecule has 0 aliphatic carbocycles. The molecule has 2 rings (SSSR count). The molecule has 1 aromatic rings. The first-order valence-corrected chi connectivity index (χ1v) is 6.50. The number of carboxylic acid groups (broad SMARTS) is 1. The fraction of sp³-hybridized carbons (Fsp3) is 0.500. The fourth-order valence-corrected chi connectivity index (χ4v) is 2.58. The predicted octanol–water partition coefficient (Wildman–Crippen LogP) is 1.86. The fourth-order valence-electron chi connectivity index (χ4n) is 2.58. The molecular weight excluding hydrogens is 228 g/mol. The summed E-state index contributed by atoms with van der Waals surface area (Å²) in [6.45, 7) is 1.94. The molecule has 1 heterocycles. The highest BCUT2D eigenvalue weighted by atomic mass is 16.4. The van der Waals surface area contributed by atoms with Gasteiger partial charge in [-0.15, -0.1) is 0 Å². The predicted molar refractivity (Wildman–Crippen MR) is 70.7 cm³/mol. The highest BCUT2D eigenvalue weighted by molar-refractivity contribution is 5.65. The number of benzene rings is 1. The van der Waals surface area contributed by atoms with Gasteiger partial charge in [0.1, 0.15) is 0 Å². The molecule has 2 unspecified atom stereocenters. The highest BCUT2D eigenvalue weighted by Gasteiger charge is 2.25. The summed E-state index contributed by atoms with van der Waals surface area (Å²) in [5, 5.41) is 15.0. The van der Waals surface area contributed by atoms with Gasteiger partial charge in [0, 0.05) is 6.04 Å². The lowest BCUT2D eigenvalue weighted by atomic mass is 9.88. The van der Waals surface area contributed by atoms with Gasteiger partial charge < -0.3 is 15.7 Å². The van der Waals surface area contributed by atoms with Crippen LogP contribution in [0.4, 0.5) is 4.79 Å². The highest BCUT2D eigenvalue weighted by Crippen LogP contribution is 2.18. The summed E-state index contributed by atoms with van der Waals surface area (Å²) in [6, 6.07) is 10.1. The topological polar surface area (TPSA) is 61.4 Å². The minimum atomic E-state index is -0.929. The molecule has 0 radical (unpaired) electrons. The number of nitrogens with one attached hydrogen (secondary N) is 2. The Morgan fingerprint density at radius 1 is 1.44 bits per heavy atom. The van der Waals surface area contributed by atoms with Crippen molar-refractivity contribution in [3.8, 4) is 0 Å². The minimum absolute atomic E-state index is 0.00213. The van der Waals surface area contributed by atoms with Gasteiger partial charge in [0.2, 0.25) is 0 Å². The second-order valence-corrected chi connectivity index (χ2v) is 4.85. The molecule has 0 saturated carbocycles. The maximum absolute atomic E-state index is 10.9. The number of carbonyl (C=O) groups is 1. The zero-order valence-corrected chi connectivity index (χ0v) is 10.4. The Morgan fingerprint density at radius 3 is 2.83 bits per heavy atom. The molecule has 0 aromatic heterocycles. The van der Waals surface area contributed by atoms with E-state index in [2.05, 4.69) is 10.6 Å². The average molecular weight is 248 g/mol. The van der Waals surface area contributed by atoms with Gasteiger partial charge in [0.25, 0.3) is 0 Å². The summed E-state index contributed by atoms with van der Waals surface area (Å²) in [6.07, 6.45) is 2.04. The van der Waals surface area contributed by atoms with Crippen molar-refractivity contribution < 1.29 is 9.90 Å². The second kappa shape index (κ2) is 6.40. The van der Waals surface area contributed by atoms with E-state index in [9.17, 15) is 4.79 Å². The Balaban J connectivity index is 2.02. The monoisotopic (exact) mass is 248 g/mol. The molecular formula is C14H20N2O2. The molecule has 3 N–H and O–H groups in total. The molecule has 1 fully saturated rings. The molecule has 1 saturated heterocycles. The largest absolute Gasteiger partial charge is 0.465 e. The average Bonchev–Trinajstić information content (AvgIpc) is 2.40. The van der Waals surface area contributed by atoms with Gasteiger partial charge >= 0.3 is 6.09 Å². The molecule has 1 amide bonds. The van der Waals surface area contributed by atoms with E-state index in [1.54, 1.807) is 0 Å². The molecule has 4 nitrogen and oxygen atoms in total. The molecule has 1 aliphatic heterocycles. The summed E-state index contributed by atoms with van der Waals surface area (Å²) >= 11 is 0. The van der Waals surface area contributed by atoms with Gasteiger partial charge in [-0.3, -0.25) is 0 Å². The van der Waals surface area contributed by atoms with Crippen LogP contribution in [0.2, 0.25) is 0 Å². The summed E-state index contributed by atoms with van der Waals surface area (Å²) in [5.74, 6) is 0.384. The van der Waals surface area contributed by atoms with Crippen LogP contribution in [0.25, 0.3) is 0 Å². The van der Waals surface area contributed by atoms with Crippen LogP contribution in [-0.4, -0.2) is 30.3 Å². The van der Waals surface area contributed by atoms with E-state index in [0.717, 1.165) is 32.4 Å². The van der Waals surface area contributed by atoms with Crippen LogP contribution in [0.3, 0.4) is 0 Å². The van der Waals surface area contributed by atoms with Gasteiger partial charge in [0.05, 0.1) is 0 Å². The Bertz CT molecular complexity index is 375. The van der Waals surface area contributed by atoms with Crippen molar-refractivity contribution in [1.82, 2.24) is 10.6 Å². The van der Waals surface area contributed by atoms with Gasteiger partial charge in [-0.1, -0.05) is 30.3 Å². The quantitative estimate of drug-likeness (QED) is 0.762. The van der Waals surface area contributed by atoms with Crippen LogP contribution in [0, 0.1) is 5.92 Å².